The van der Waals surface area contributed by atoms with E-state index in [0.717, 1.165) is 61.4 Å². The first-order chi connectivity index (χ1) is 15.4. The second-order valence-electron chi connectivity index (χ2n) is 9.05. The van der Waals surface area contributed by atoms with Crippen LogP contribution in [0.5, 0.6) is 5.75 Å². The number of benzene rings is 1. The highest BCUT2D eigenvalue weighted by atomic mass is 127. The average Bonchev–Trinajstić information content (AvgIpc) is 2.79. The molecular weight excluding hydrogens is 527 g/mol. The van der Waals surface area contributed by atoms with Crippen molar-refractivity contribution in [2.45, 2.75) is 46.4 Å². The quantitative estimate of drug-likeness (QED) is 0.302. The maximum atomic E-state index is 6.09. The number of para-hydroxylation sites is 1. The van der Waals surface area contributed by atoms with Crippen LogP contribution in [0.4, 0.5) is 5.82 Å². The van der Waals surface area contributed by atoms with Crippen molar-refractivity contribution in [3.8, 4) is 5.75 Å². The van der Waals surface area contributed by atoms with Crippen molar-refractivity contribution in [1.29, 1.82) is 0 Å². The summed E-state index contributed by atoms with van der Waals surface area (Å²) in [6.45, 7) is 15.1. The van der Waals surface area contributed by atoms with Crippen molar-refractivity contribution in [2.75, 3.05) is 44.7 Å². The van der Waals surface area contributed by atoms with Crippen LogP contribution in [-0.4, -0.2) is 61.2 Å². The van der Waals surface area contributed by atoms with Gasteiger partial charge in [-0.1, -0.05) is 31.2 Å². The molecule has 0 atom stereocenters. The van der Waals surface area contributed by atoms with Crippen LogP contribution in [0.3, 0.4) is 0 Å². The highest BCUT2D eigenvalue weighted by molar-refractivity contribution is 14.0. The Labute approximate surface area is 216 Å². The zero-order chi connectivity index (χ0) is 23.0. The number of aliphatic imine (C=N–C) groups is 1. The van der Waals surface area contributed by atoms with Gasteiger partial charge in [-0.15, -0.1) is 24.0 Å². The molecule has 7 nitrogen and oxygen atoms in total. The highest BCUT2D eigenvalue weighted by Gasteiger charge is 2.17. The number of rotatable bonds is 7. The first kappa shape index (κ1) is 27.2. The van der Waals surface area contributed by atoms with Gasteiger partial charge in [0.2, 0.25) is 0 Å². The van der Waals surface area contributed by atoms with E-state index in [0.29, 0.717) is 13.1 Å². The number of nitrogens with one attached hydrogen (secondary N) is 2. The number of guanidine groups is 1. The number of pyridine rings is 1. The largest absolute Gasteiger partial charge is 0.488 e. The smallest absolute Gasteiger partial charge is 0.191 e. The second-order valence-corrected chi connectivity index (χ2v) is 9.05. The number of hydrogen-bond donors (Lipinski definition) is 2. The molecule has 1 aromatic carbocycles. The van der Waals surface area contributed by atoms with Crippen molar-refractivity contribution in [3.63, 3.8) is 0 Å². The monoisotopic (exact) mass is 566 g/mol. The Morgan fingerprint density at radius 2 is 1.73 bits per heavy atom. The van der Waals surface area contributed by atoms with E-state index in [1.54, 1.807) is 7.05 Å². The van der Waals surface area contributed by atoms with Crippen LogP contribution < -0.4 is 20.3 Å². The number of anilines is 1. The summed E-state index contributed by atoms with van der Waals surface area (Å²) in [7, 11) is 1.78. The Hall–Kier alpha value is -2.07. The molecule has 2 heterocycles. The fraction of sp³-hybridized carbons (Fsp3) is 0.520. The molecule has 0 bridgehead atoms. The minimum Gasteiger partial charge on any atom is -0.488 e. The van der Waals surface area contributed by atoms with Gasteiger partial charge in [-0.25, -0.2) is 4.98 Å². The van der Waals surface area contributed by atoms with Crippen LogP contribution in [0.1, 0.15) is 38.8 Å². The van der Waals surface area contributed by atoms with E-state index in [1.165, 1.54) is 0 Å². The summed E-state index contributed by atoms with van der Waals surface area (Å²) in [5.41, 5.74) is 1.98. The van der Waals surface area contributed by atoms with Gasteiger partial charge in [-0.3, -0.25) is 4.99 Å². The van der Waals surface area contributed by atoms with Crippen LogP contribution >= 0.6 is 24.0 Å². The summed E-state index contributed by atoms with van der Waals surface area (Å²) in [6.07, 6.45) is 1.95. The number of ether oxygens (including phenoxy) is 1. The van der Waals surface area contributed by atoms with Crippen LogP contribution in [0.2, 0.25) is 0 Å². The molecule has 0 spiro atoms. The lowest BCUT2D eigenvalue weighted by atomic mass is 10.1. The number of aromatic nitrogens is 1. The summed E-state index contributed by atoms with van der Waals surface area (Å²) >= 11 is 0. The van der Waals surface area contributed by atoms with Gasteiger partial charge in [-0.2, -0.15) is 0 Å². The molecule has 1 aliphatic rings. The number of likely N-dealkylation sites (N-methyl/N-ethyl adjacent to an activating group) is 1. The average molecular weight is 567 g/mol. The van der Waals surface area contributed by atoms with E-state index in [-0.39, 0.29) is 29.6 Å². The van der Waals surface area contributed by atoms with E-state index < -0.39 is 0 Å². The third-order valence-electron chi connectivity index (χ3n) is 5.47. The Morgan fingerprint density at radius 1 is 1.03 bits per heavy atom. The van der Waals surface area contributed by atoms with Crippen molar-refractivity contribution in [1.82, 2.24) is 20.5 Å². The maximum Gasteiger partial charge on any atom is 0.191 e. The highest BCUT2D eigenvalue weighted by Crippen LogP contribution is 2.22. The van der Waals surface area contributed by atoms with E-state index >= 15 is 0 Å². The Kier molecular flexibility index (Phi) is 10.7. The molecule has 2 N–H and O–H groups in total. The minimum atomic E-state index is -0.237. The van der Waals surface area contributed by atoms with Gasteiger partial charge in [-0.05, 0) is 45.0 Å². The maximum absolute atomic E-state index is 6.09. The summed E-state index contributed by atoms with van der Waals surface area (Å²) in [6, 6.07) is 12.4. The summed E-state index contributed by atoms with van der Waals surface area (Å²) in [5.74, 6) is 2.69. The third kappa shape index (κ3) is 8.66. The predicted molar refractivity (Wildman–Crippen MR) is 148 cm³/mol. The normalized spacial score (nSPS) is 15.1. The fourth-order valence-corrected chi connectivity index (χ4v) is 3.67. The Bertz CT molecular complexity index is 873. The Morgan fingerprint density at radius 3 is 2.33 bits per heavy atom. The standard InChI is InChI=1S/C25H38N6O.HI/c1-6-30-13-15-31(16-14-30)23-12-11-20(17-27-23)18-28-24(26-5)29-19-21-9-7-8-10-22(21)32-25(2,3)4;/h7-12,17H,6,13-16,18-19H2,1-5H3,(H2,26,28,29);1H. The van der Waals surface area contributed by atoms with Crippen LogP contribution in [0.15, 0.2) is 47.6 Å². The van der Waals surface area contributed by atoms with Gasteiger partial charge in [0.25, 0.3) is 0 Å². The van der Waals surface area contributed by atoms with Gasteiger partial charge in [0.15, 0.2) is 5.96 Å². The van der Waals surface area contributed by atoms with E-state index in [2.05, 4.69) is 76.3 Å². The molecule has 0 unspecified atom stereocenters. The molecule has 3 rings (SSSR count). The SMILES string of the molecule is CCN1CCN(c2ccc(CNC(=NC)NCc3ccccc3OC(C)(C)C)cn2)CC1.I. The third-order valence-corrected chi connectivity index (χ3v) is 5.47. The molecule has 0 aliphatic carbocycles. The molecule has 1 saturated heterocycles. The number of hydrogen-bond acceptors (Lipinski definition) is 5. The summed E-state index contributed by atoms with van der Waals surface area (Å²) in [5, 5.41) is 6.75. The van der Waals surface area contributed by atoms with Crippen molar-refractivity contribution >= 4 is 35.8 Å². The lowest BCUT2D eigenvalue weighted by Crippen LogP contribution is -2.46. The predicted octanol–water partition coefficient (Wildman–Crippen LogP) is 3.88. The van der Waals surface area contributed by atoms with Gasteiger partial charge in [0.1, 0.15) is 17.2 Å². The van der Waals surface area contributed by atoms with Gasteiger partial charge >= 0.3 is 0 Å². The minimum absolute atomic E-state index is 0. The zero-order valence-electron chi connectivity index (χ0n) is 20.6. The van der Waals surface area contributed by atoms with Gasteiger partial charge < -0.3 is 25.2 Å². The summed E-state index contributed by atoms with van der Waals surface area (Å²) < 4.78 is 6.09. The van der Waals surface area contributed by atoms with E-state index in [1.807, 2.05) is 24.4 Å². The van der Waals surface area contributed by atoms with Crippen LogP contribution in [0, 0.1) is 0 Å². The second kappa shape index (κ2) is 13.0. The van der Waals surface area contributed by atoms with Gasteiger partial charge in [0.05, 0.1) is 0 Å². The number of nitrogens with zero attached hydrogens (tertiary/aromatic N) is 4. The van der Waals surface area contributed by atoms with E-state index in [9.17, 15) is 0 Å². The molecule has 8 heteroatoms. The molecule has 0 saturated carbocycles. The zero-order valence-corrected chi connectivity index (χ0v) is 22.9. The van der Waals surface area contributed by atoms with Crippen molar-refractivity contribution in [2.24, 2.45) is 4.99 Å². The molecule has 0 radical (unpaired) electrons. The molecule has 0 amide bonds. The van der Waals surface area contributed by atoms with Crippen molar-refractivity contribution < 1.29 is 4.74 Å². The molecule has 182 valence electrons. The topological polar surface area (TPSA) is 65.0 Å². The first-order valence-corrected chi connectivity index (χ1v) is 11.5. The van der Waals surface area contributed by atoms with Gasteiger partial charge in [0, 0.05) is 58.1 Å². The molecular formula is C25H39IN6O. The summed E-state index contributed by atoms with van der Waals surface area (Å²) in [4.78, 5) is 13.9. The molecule has 33 heavy (non-hydrogen) atoms. The Balaban J connectivity index is 0.00000385. The van der Waals surface area contributed by atoms with Crippen LogP contribution in [-0.2, 0) is 13.1 Å². The van der Waals surface area contributed by atoms with Crippen LogP contribution in [0.25, 0.3) is 0 Å². The lowest BCUT2D eigenvalue weighted by molar-refractivity contribution is 0.129. The molecule has 2 aromatic rings. The fourth-order valence-electron chi connectivity index (χ4n) is 3.67. The molecule has 1 aliphatic heterocycles. The number of piperazine rings is 1. The molecule has 1 fully saturated rings. The first-order valence-electron chi connectivity index (χ1n) is 11.5. The molecule has 1 aromatic heterocycles. The van der Waals surface area contributed by atoms with E-state index in [4.69, 9.17) is 4.74 Å². The number of halogens is 1. The lowest BCUT2D eigenvalue weighted by Gasteiger charge is -2.34. The van der Waals surface area contributed by atoms with Crippen molar-refractivity contribution in [3.05, 3.63) is 53.7 Å².